The normalized spacial score (nSPS) is 21.3. The van der Waals surface area contributed by atoms with E-state index in [9.17, 15) is 0 Å². The second-order valence-corrected chi connectivity index (χ2v) is 8.72. The lowest BCUT2D eigenvalue weighted by atomic mass is 10.0. The molecule has 0 spiro atoms. The summed E-state index contributed by atoms with van der Waals surface area (Å²) in [4.78, 5) is 4.98. The maximum atomic E-state index is 5.82. The van der Waals surface area contributed by atoms with Crippen molar-refractivity contribution in [3.8, 4) is 5.75 Å². The number of hydrogen-bond donors (Lipinski definition) is 0. The molecule has 2 aliphatic heterocycles. The third kappa shape index (κ3) is 4.92. The van der Waals surface area contributed by atoms with Gasteiger partial charge >= 0.3 is 0 Å². The lowest BCUT2D eigenvalue weighted by molar-refractivity contribution is 0.0885. The van der Waals surface area contributed by atoms with Crippen LogP contribution in [0, 0.1) is 5.92 Å². The van der Waals surface area contributed by atoms with Crippen molar-refractivity contribution >= 4 is 5.69 Å². The van der Waals surface area contributed by atoms with Crippen LogP contribution in [0.2, 0.25) is 0 Å². The Morgan fingerprint density at radius 3 is 2.73 bits per heavy atom. The Morgan fingerprint density at radius 1 is 1.20 bits per heavy atom. The van der Waals surface area contributed by atoms with Crippen LogP contribution in [0.25, 0.3) is 0 Å². The Bertz CT molecular complexity index is 796. The number of methoxy groups -OCH3 is 1. The molecular formula is C22H34N6O2. The van der Waals surface area contributed by atoms with Gasteiger partial charge in [0.2, 0.25) is 0 Å². The summed E-state index contributed by atoms with van der Waals surface area (Å²) in [6.07, 6.45) is 3.50. The highest BCUT2D eigenvalue weighted by atomic mass is 16.5. The number of anilines is 1. The minimum atomic E-state index is 0.230. The summed E-state index contributed by atoms with van der Waals surface area (Å²) in [5, 5.41) is 12.8. The Morgan fingerprint density at radius 2 is 2.03 bits per heavy atom. The molecule has 2 fully saturated rings. The fraction of sp³-hybridized carbons (Fsp3) is 0.682. The van der Waals surface area contributed by atoms with Gasteiger partial charge in [-0.15, -0.1) is 5.10 Å². The quantitative estimate of drug-likeness (QED) is 0.658. The van der Waals surface area contributed by atoms with Crippen LogP contribution in [0.1, 0.15) is 45.0 Å². The molecule has 0 N–H and O–H groups in total. The van der Waals surface area contributed by atoms with Crippen LogP contribution >= 0.6 is 0 Å². The molecule has 3 heterocycles. The van der Waals surface area contributed by atoms with E-state index in [1.165, 1.54) is 5.69 Å². The molecule has 0 aliphatic carbocycles. The molecule has 4 rings (SSSR count). The minimum Gasteiger partial charge on any atom is -0.497 e. The molecule has 30 heavy (non-hydrogen) atoms. The molecule has 1 aromatic heterocycles. The highest BCUT2D eigenvalue weighted by Gasteiger charge is 2.31. The monoisotopic (exact) mass is 414 g/mol. The van der Waals surface area contributed by atoms with E-state index in [1.807, 2.05) is 10.7 Å². The van der Waals surface area contributed by atoms with Crippen LogP contribution in [0.5, 0.6) is 5.75 Å². The number of tetrazole rings is 1. The van der Waals surface area contributed by atoms with Gasteiger partial charge in [0.1, 0.15) is 5.75 Å². The lowest BCUT2D eigenvalue weighted by Crippen LogP contribution is -2.48. The predicted molar refractivity (Wildman–Crippen MR) is 116 cm³/mol. The van der Waals surface area contributed by atoms with Crippen molar-refractivity contribution in [2.75, 3.05) is 44.8 Å². The van der Waals surface area contributed by atoms with E-state index in [1.54, 1.807) is 7.11 Å². The van der Waals surface area contributed by atoms with Crippen LogP contribution < -0.4 is 9.64 Å². The second-order valence-electron chi connectivity index (χ2n) is 8.72. The van der Waals surface area contributed by atoms with Crippen LogP contribution in [0.4, 0.5) is 5.69 Å². The minimum absolute atomic E-state index is 0.230. The van der Waals surface area contributed by atoms with Crippen LogP contribution in [0.3, 0.4) is 0 Å². The molecule has 1 aromatic carbocycles. The van der Waals surface area contributed by atoms with Crippen LogP contribution in [-0.2, 0) is 11.3 Å². The number of ether oxygens (including phenoxy) is 2. The number of nitrogens with zero attached hydrogens (tertiary/aromatic N) is 6. The summed E-state index contributed by atoms with van der Waals surface area (Å²) in [6.45, 7) is 10.1. The highest BCUT2D eigenvalue weighted by molar-refractivity contribution is 5.51. The zero-order chi connectivity index (χ0) is 20.9. The lowest BCUT2D eigenvalue weighted by Gasteiger charge is -2.40. The van der Waals surface area contributed by atoms with Crippen molar-refractivity contribution in [1.29, 1.82) is 0 Å². The fourth-order valence-electron chi connectivity index (χ4n) is 4.52. The molecule has 164 valence electrons. The average molecular weight is 415 g/mol. The molecule has 2 unspecified atom stereocenters. The molecule has 2 atom stereocenters. The SMILES string of the molecule is COc1cccc(N2CCN(C(CC(C)C)c3nnnn3CC3CCCO3)CC2)c1. The van der Waals surface area contributed by atoms with Gasteiger partial charge in [0.05, 0.1) is 25.8 Å². The van der Waals surface area contributed by atoms with E-state index in [4.69, 9.17) is 9.47 Å². The summed E-state index contributed by atoms with van der Waals surface area (Å²) in [5.74, 6) is 2.45. The zero-order valence-electron chi connectivity index (χ0n) is 18.4. The van der Waals surface area contributed by atoms with Gasteiger partial charge in [-0.25, -0.2) is 4.68 Å². The van der Waals surface area contributed by atoms with Gasteiger partial charge < -0.3 is 14.4 Å². The van der Waals surface area contributed by atoms with E-state index < -0.39 is 0 Å². The molecule has 0 amide bonds. The third-order valence-electron chi connectivity index (χ3n) is 6.13. The molecular weight excluding hydrogens is 380 g/mol. The Kier molecular flexibility index (Phi) is 6.84. The second kappa shape index (κ2) is 9.75. The number of aromatic nitrogens is 4. The molecule has 0 bridgehead atoms. The number of rotatable bonds is 8. The smallest absolute Gasteiger partial charge is 0.168 e. The Labute approximate surface area is 179 Å². The number of hydrogen-bond acceptors (Lipinski definition) is 7. The first-order chi connectivity index (χ1) is 14.6. The van der Waals surface area contributed by atoms with Gasteiger partial charge in [-0.05, 0) is 47.7 Å². The van der Waals surface area contributed by atoms with Crippen molar-refractivity contribution in [3.63, 3.8) is 0 Å². The molecule has 0 saturated carbocycles. The summed E-state index contributed by atoms with van der Waals surface area (Å²) in [5.41, 5.74) is 1.22. The average Bonchev–Trinajstić information content (AvgIpc) is 3.45. The predicted octanol–water partition coefficient (Wildman–Crippen LogP) is 2.77. The molecule has 0 radical (unpaired) electrons. The van der Waals surface area contributed by atoms with E-state index in [0.717, 1.165) is 70.2 Å². The van der Waals surface area contributed by atoms with Crippen molar-refractivity contribution in [3.05, 3.63) is 30.1 Å². The van der Waals surface area contributed by atoms with Crippen molar-refractivity contribution in [2.24, 2.45) is 5.92 Å². The van der Waals surface area contributed by atoms with E-state index in [0.29, 0.717) is 5.92 Å². The highest BCUT2D eigenvalue weighted by Crippen LogP contribution is 2.29. The van der Waals surface area contributed by atoms with Gasteiger partial charge in [-0.3, -0.25) is 4.90 Å². The first-order valence-corrected chi connectivity index (χ1v) is 11.1. The molecule has 2 aliphatic rings. The van der Waals surface area contributed by atoms with E-state index in [-0.39, 0.29) is 12.1 Å². The standard InChI is InChI=1S/C22H34N6O2/c1-17(2)14-21(22-23-24-25-28(22)16-20-8-5-13-30-20)27-11-9-26(10-12-27)18-6-4-7-19(15-18)29-3/h4,6-7,15,17,20-21H,5,8-14,16H2,1-3H3. The fourth-order valence-corrected chi connectivity index (χ4v) is 4.52. The van der Waals surface area contributed by atoms with E-state index in [2.05, 4.69) is 57.4 Å². The molecule has 2 saturated heterocycles. The van der Waals surface area contributed by atoms with Crippen LogP contribution in [-0.4, -0.2) is 71.1 Å². The maximum absolute atomic E-state index is 5.82. The van der Waals surface area contributed by atoms with Gasteiger partial charge in [0.25, 0.3) is 0 Å². The molecule has 2 aromatic rings. The molecule has 8 nitrogen and oxygen atoms in total. The summed E-state index contributed by atoms with van der Waals surface area (Å²) in [7, 11) is 1.72. The summed E-state index contributed by atoms with van der Waals surface area (Å²) < 4.78 is 13.2. The topological polar surface area (TPSA) is 68.5 Å². The largest absolute Gasteiger partial charge is 0.497 e. The zero-order valence-corrected chi connectivity index (χ0v) is 18.4. The number of benzene rings is 1. The van der Waals surface area contributed by atoms with Gasteiger partial charge in [0, 0.05) is 44.5 Å². The van der Waals surface area contributed by atoms with Crippen molar-refractivity contribution < 1.29 is 9.47 Å². The Balaban J connectivity index is 1.45. The first-order valence-electron chi connectivity index (χ1n) is 11.1. The van der Waals surface area contributed by atoms with Gasteiger partial charge in [0.15, 0.2) is 5.82 Å². The third-order valence-corrected chi connectivity index (χ3v) is 6.13. The number of piperazine rings is 1. The van der Waals surface area contributed by atoms with Gasteiger partial charge in [-0.1, -0.05) is 19.9 Å². The van der Waals surface area contributed by atoms with Crippen molar-refractivity contribution in [1.82, 2.24) is 25.1 Å². The first kappa shape index (κ1) is 21.1. The van der Waals surface area contributed by atoms with Gasteiger partial charge in [-0.2, -0.15) is 0 Å². The summed E-state index contributed by atoms with van der Waals surface area (Å²) >= 11 is 0. The molecule has 8 heteroatoms. The van der Waals surface area contributed by atoms with E-state index >= 15 is 0 Å². The maximum Gasteiger partial charge on any atom is 0.168 e. The van der Waals surface area contributed by atoms with Crippen LogP contribution in [0.15, 0.2) is 24.3 Å². The Hall–Kier alpha value is -2.19. The van der Waals surface area contributed by atoms with Crippen molar-refractivity contribution in [2.45, 2.75) is 51.8 Å². The summed E-state index contributed by atoms with van der Waals surface area (Å²) in [6, 6.07) is 8.55.